The fourth-order valence-electron chi connectivity index (χ4n) is 10.8. The summed E-state index contributed by atoms with van der Waals surface area (Å²) in [7, 11) is 0. The standard InChI is InChI=1S/C36H46N4O4/c1-30(2)24-8-10-34(6)25(33(24,5)17-23(19-37)28(30)42)16-27(41)36(44)26-18-32(4,12-11-31(26,3)13-14-35(34,36)7)29(43)38-20-22-9-15-39-40-21-22/h9,15-17,21,24,26,44H,8,10-14,18,20H2,1-7H3,(H,38,43). The quantitative estimate of drug-likeness (QED) is 0.474. The number of nitriles is 1. The van der Waals surface area contributed by atoms with Gasteiger partial charge in [0.15, 0.2) is 11.6 Å². The fraction of sp³-hybridized carbons (Fsp3) is 0.667. The van der Waals surface area contributed by atoms with Crippen LogP contribution in [0, 0.1) is 55.7 Å². The lowest BCUT2D eigenvalue weighted by molar-refractivity contribution is -0.242. The smallest absolute Gasteiger partial charge is 0.226 e. The van der Waals surface area contributed by atoms with Gasteiger partial charge in [-0.2, -0.15) is 15.5 Å². The zero-order valence-corrected chi connectivity index (χ0v) is 27.2. The summed E-state index contributed by atoms with van der Waals surface area (Å²) in [6.07, 6.45) is 11.6. The molecule has 8 atom stereocenters. The first-order valence-electron chi connectivity index (χ1n) is 16.1. The van der Waals surface area contributed by atoms with Gasteiger partial charge in [-0.05, 0) is 85.0 Å². The number of hydrogen-bond acceptors (Lipinski definition) is 7. The molecule has 0 bridgehead atoms. The molecule has 8 unspecified atom stereocenters. The second-order valence-corrected chi connectivity index (χ2v) is 16.4. The maximum absolute atomic E-state index is 14.6. The van der Waals surface area contributed by atoms with Crippen molar-refractivity contribution in [3.63, 3.8) is 0 Å². The molecular weight excluding hydrogens is 552 g/mol. The molecule has 5 aliphatic carbocycles. The summed E-state index contributed by atoms with van der Waals surface area (Å²) < 4.78 is 0. The largest absolute Gasteiger partial charge is 0.381 e. The van der Waals surface area contributed by atoms with E-state index in [0.717, 1.165) is 36.8 Å². The number of aliphatic hydroxyl groups is 1. The topological polar surface area (TPSA) is 133 Å². The highest BCUT2D eigenvalue weighted by molar-refractivity contribution is 6.05. The minimum absolute atomic E-state index is 0.0624. The Kier molecular flexibility index (Phi) is 6.60. The van der Waals surface area contributed by atoms with Crippen molar-refractivity contribution in [1.29, 1.82) is 5.26 Å². The summed E-state index contributed by atoms with van der Waals surface area (Å²) >= 11 is 0. The maximum Gasteiger partial charge on any atom is 0.226 e. The number of aromatic nitrogens is 2. The van der Waals surface area contributed by atoms with E-state index in [1.165, 1.54) is 0 Å². The number of carbonyl (C=O) groups is 3. The molecular formula is C36H46N4O4. The van der Waals surface area contributed by atoms with Gasteiger partial charge in [0, 0.05) is 40.3 Å². The van der Waals surface area contributed by atoms with Crippen molar-refractivity contribution < 1.29 is 19.5 Å². The number of carbonyl (C=O) groups excluding carboxylic acids is 3. The lowest BCUT2D eigenvalue weighted by Crippen LogP contribution is -2.74. The van der Waals surface area contributed by atoms with E-state index in [4.69, 9.17) is 0 Å². The molecule has 0 radical (unpaired) electrons. The summed E-state index contributed by atoms with van der Waals surface area (Å²) in [5.41, 5.74) is -3.46. The highest BCUT2D eigenvalue weighted by atomic mass is 16.3. The Hall–Kier alpha value is -3.18. The minimum Gasteiger partial charge on any atom is -0.381 e. The third-order valence-electron chi connectivity index (χ3n) is 13.9. The first-order chi connectivity index (χ1) is 20.4. The van der Waals surface area contributed by atoms with Gasteiger partial charge in [-0.25, -0.2) is 0 Å². The first-order valence-corrected chi connectivity index (χ1v) is 16.1. The molecule has 6 rings (SSSR count). The monoisotopic (exact) mass is 598 g/mol. The molecule has 1 aromatic rings. The summed E-state index contributed by atoms with van der Waals surface area (Å²) in [6.45, 7) is 14.7. The highest BCUT2D eigenvalue weighted by Gasteiger charge is 2.75. The Labute approximate surface area is 260 Å². The minimum atomic E-state index is -1.65. The van der Waals surface area contributed by atoms with Crippen LogP contribution in [0.15, 0.2) is 41.8 Å². The van der Waals surface area contributed by atoms with E-state index < -0.39 is 38.6 Å². The summed E-state index contributed by atoms with van der Waals surface area (Å²) in [6, 6.07) is 3.97. The van der Waals surface area contributed by atoms with Gasteiger partial charge in [0.25, 0.3) is 0 Å². The molecule has 2 N–H and O–H groups in total. The third kappa shape index (κ3) is 3.74. The lowest BCUT2D eigenvalue weighted by Gasteiger charge is -2.71. The highest BCUT2D eigenvalue weighted by Crippen LogP contribution is 2.75. The predicted molar refractivity (Wildman–Crippen MR) is 164 cm³/mol. The lowest BCUT2D eigenvalue weighted by atomic mass is 9.33. The zero-order chi connectivity index (χ0) is 32.1. The number of rotatable bonds is 3. The van der Waals surface area contributed by atoms with Gasteiger partial charge < -0.3 is 10.4 Å². The van der Waals surface area contributed by atoms with Crippen LogP contribution in [0.5, 0.6) is 0 Å². The number of fused-ring (bicyclic) bond motifs is 7. The molecule has 234 valence electrons. The van der Waals surface area contributed by atoms with Crippen LogP contribution in [0.1, 0.15) is 99.0 Å². The van der Waals surface area contributed by atoms with E-state index >= 15 is 0 Å². The number of hydrogen-bond donors (Lipinski definition) is 2. The SMILES string of the molecule is CC1(C(=O)NCc2ccnnc2)CCC2(C)CCC3(C)C4(C)CCC5C(C)(C)C(=O)C(C#N)=CC5(C)C4=CC(=O)C3(O)C2C1. The second-order valence-electron chi connectivity index (χ2n) is 16.4. The predicted octanol–water partition coefficient (Wildman–Crippen LogP) is 5.43. The Balaban J connectivity index is 1.42. The van der Waals surface area contributed by atoms with Gasteiger partial charge in [0.2, 0.25) is 5.91 Å². The van der Waals surface area contributed by atoms with Gasteiger partial charge in [0.1, 0.15) is 11.7 Å². The molecule has 3 fully saturated rings. The molecule has 0 aliphatic heterocycles. The molecule has 1 aromatic heterocycles. The van der Waals surface area contributed by atoms with E-state index in [1.807, 2.05) is 32.9 Å². The molecule has 5 aliphatic rings. The van der Waals surface area contributed by atoms with E-state index in [1.54, 1.807) is 18.5 Å². The molecule has 0 spiro atoms. The first kappa shape index (κ1) is 30.8. The van der Waals surface area contributed by atoms with Crippen LogP contribution in [0.4, 0.5) is 0 Å². The maximum atomic E-state index is 14.6. The van der Waals surface area contributed by atoms with Crippen LogP contribution in [0.3, 0.4) is 0 Å². The second kappa shape index (κ2) is 9.42. The van der Waals surface area contributed by atoms with Crippen LogP contribution < -0.4 is 5.32 Å². The number of nitrogens with one attached hydrogen (secondary N) is 1. The summed E-state index contributed by atoms with van der Waals surface area (Å²) in [4.78, 5) is 41.7. The van der Waals surface area contributed by atoms with Crippen molar-refractivity contribution in [2.75, 3.05) is 0 Å². The molecule has 8 nitrogen and oxygen atoms in total. The number of nitrogens with zero attached hydrogens (tertiary/aromatic N) is 3. The number of amides is 1. The molecule has 1 heterocycles. The Morgan fingerprint density at radius 2 is 1.73 bits per heavy atom. The molecule has 0 aromatic carbocycles. The Bertz CT molecular complexity index is 1560. The number of ketones is 2. The molecule has 44 heavy (non-hydrogen) atoms. The van der Waals surface area contributed by atoms with E-state index in [0.29, 0.717) is 25.8 Å². The van der Waals surface area contributed by atoms with Crippen LogP contribution in [-0.2, 0) is 20.9 Å². The molecule has 1 amide bonds. The van der Waals surface area contributed by atoms with Crippen molar-refractivity contribution in [2.45, 2.75) is 106 Å². The van der Waals surface area contributed by atoms with Crippen molar-refractivity contribution in [3.05, 3.63) is 47.3 Å². The van der Waals surface area contributed by atoms with Gasteiger partial charge in [-0.3, -0.25) is 14.4 Å². The molecule has 8 heteroatoms. The van der Waals surface area contributed by atoms with Gasteiger partial charge in [-0.1, -0.05) is 54.5 Å². The Morgan fingerprint density at radius 1 is 1.02 bits per heavy atom. The summed E-state index contributed by atoms with van der Waals surface area (Å²) in [5, 5.41) is 33.8. The molecule has 3 saturated carbocycles. The van der Waals surface area contributed by atoms with E-state index in [2.05, 4.69) is 49.3 Å². The van der Waals surface area contributed by atoms with Crippen LogP contribution in [0.25, 0.3) is 0 Å². The van der Waals surface area contributed by atoms with Gasteiger partial charge >= 0.3 is 0 Å². The average molecular weight is 599 g/mol. The number of Topliss-reactive ketones (excluding diaryl/α,β-unsaturated/α-hetero) is 1. The summed E-state index contributed by atoms with van der Waals surface area (Å²) in [5.74, 6) is -0.964. The zero-order valence-electron chi connectivity index (χ0n) is 27.2. The van der Waals surface area contributed by atoms with E-state index in [-0.39, 0.29) is 34.4 Å². The van der Waals surface area contributed by atoms with Crippen LogP contribution in [0.2, 0.25) is 0 Å². The van der Waals surface area contributed by atoms with Crippen molar-refractivity contribution >= 4 is 17.5 Å². The Morgan fingerprint density at radius 3 is 2.39 bits per heavy atom. The number of allylic oxidation sites excluding steroid dienone is 3. The fourth-order valence-corrected chi connectivity index (χ4v) is 10.8. The molecule has 0 saturated heterocycles. The van der Waals surface area contributed by atoms with Crippen LogP contribution >= 0.6 is 0 Å². The van der Waals surface area contributed by atoms with Crippen LogP contribution in [-0.4, -0.2) is 38.4 Å². The van der Waals surface area contributed by atoms with Crippen molar-refractivity contribution in [1.82, 2.24) is 15.5 Å². The normalized spacial score (nSPS) is 44.1. The van der Waals surface area contributed by atoms with E-state index in [9.17, 15) is 24.8 Å². The van der Waals surface area contributed by atoms with Gasteiger partial charge in [-0.15, -0.1) is 0 Å². The van der Waals surface area contributed by atoms with Gasteiger partial charge in [0.05, 0.1) is 11.8 Å². The third-order valence-corrected chi connectivity index (χ3v) is 13.9. The van der Waals surface area contributed by atoms with Crippen molar-refractivity contribution in [2.24, 2.45) is 44.3 Å². The van der Waals surface area contributed by atoms with Crippen molar-refractivity contribution in [3.8, 4) is 6.07 Å². The average Bonchev–Trinajstić information content (AvgIpc) is 2.98.